The number of carboxylic acid groups (broad SMARTS) is 1. The van der Waals surface area contributed by atoms with E-state index in [1.54, 1.807) is 25.5 Å². The van der Waals surface area contributed by atoms with Crippen molar-refractivity contribution < 1.29 is 9.90 Å². The van der Waals surface area contributed by atoms with Crippen LogP contribution in [0.25, 0.3) is 11.3 Å². The second kappa shape index (κ2) is 4.14. The molecule has 0 saturated carbocycles. The molecular formula is C11H11N3O2. The topological polar surface area (TPSA) is 68.0 Å². The van der Waals surface area contributed by atoms with Crippen LogP contribution in [0.4, 0.5) is 0 Å². The minimum Gasteiger partial charge on any atom is -0.480 e. The third kappa shape index (κ3) is 1.93. The number of rotatable bonds is 3. The highest BCUT2D eigenvalue weighted by Crippen LogP contribution is 2.16. The van der Waals surface area contributed by atoms with Gasteiger partial charge in [-0.1, -0.05) is 6.07 Å². The highest BCUT2D eigenvalue weighted by atomic mass is 16.4. The van der Waals surface area contributed by atoms with Gasteiger partial charge in [0.2, 0.25) is 0 Å². The average Bonchev–Trinajstić information content (AvgIpc) is 2.78. The van der Waals surface area contributed by atoms with Crippen molar-refractivity contribution in [2.75, 3.05) is 0 Å². The maximum absolute atomic E-state index is 10.8. The van der Waals surface area contributed by atoms with Gasteiger partial charge in [0.25, 0.3) is 0 Å². The lowest BCUT2D eigenvalue weighted by Gasteiger charge is -2.04. The zero-order chi connectivity index (χ0) is 11.5. The van der Waals surface area contributed by atoms with Crippen molar-refractivity contribution in [3.63, 3.8) is 0 Å². The number of hydrogen-bond acceptors (Lipinski definition) is 3. The van der Waals surface area contributed by atoms with Gasteiger partial charge in [-0.3, -0.25) is 9.67 Å². The number of aliphatic carboxylic acids is 1. The molecule has 1 atom stereocenters. The fourth-order valence-electron chi connectivity index (χ4n) is 1.33. The van der Waals surface area contributed by atoms with E-state index in [9.17, 15) is 4.79 Å². The van der Waals surface area contributed by atoms with Gasteiger partial charge in [-0.2, -0.15) is 5.10 Å². The monoisotopic (exact) mass is 217 g/mol. The highest BCUT2D eigenvalue weighted by molar-refractivity contribution is 5.71. The van der Waals surface area contributed by atoms with Crippen molar-refractivity contribution in [1.29, 1.82) is 0 Å². The number of carbonyl (C=O) groups is 1. The van der Waals surface area contributed by atoms with Crippen LogP contribution in [-0.2, 0) is 4.79 Å². The minimum atomic E-state index is -0.907. The van der Waals surface area contributed by atoms with E-state index >= 15 is 0 Å². The van der Waals surface area contributed by atoms with Gasteiger partial charge in [-0.25, -0.2) is 4.79 Å². The summed E-state index contributed by atoms with van der Waals surface area (Å²) in [4.78, 5) is 14.9. The molecule has 0 bridgehead atoms. The minimum absolute atomic E-state index is 0.669. The molecule has 0 saturated heterocycles. The van der Waals surface area contributed by atoms with Crippen molar-refractivity contribution in [2.24, 2.45) is 0 Å². The van der Waals surface area contributed by atoms with Gasteiger partial charge in [0.1, 0.15) is 6.04 Å². The molecule has 2 heterocycles. The Hall–Kier alpha value is -2.17. The van der Waals surface area contributed by atoms with E-state index in [0.717, 1.165) is 11.3 Å². The van der Waals surface area contributed by atoms with Crippen LogP contribution in [0.2, 0.25) is 0 Å². The zero-order valence-corrected chi connectivity index (χ0v) is 8.74. The first-order chi connectivity index (χ1) is 7.68. The standard InChI is InChI=1S/C11H11N3O2/c1-8(11(15)16)14-7-9(6-13-14)10-4-2-3-5-12-10/h2-8H,1H3,(H,15,16)/t8-/m0/s1. The molecule has 2 aromatic rings. The van der Waals surface area contributed by atoms with E-state index < -0.39 is 12.0 Å². The number of aromatic nitrogens is 3. The maximum Gasteiger partial charge on any atom is 0.328 e. The van der Waals surface area contributed by atoms with E-state index in [4.69, 9.17) is 5.11 Å². The zero-order valence-electron chi connectivity index (χ0n) is 8.74. The quantitative estimate of drug-likeness (QED) is 0.847. The van der Waals surface area contributed by atoms with E-state index in [1.165, 1.54) is 4.68 Å². The van der Waals surface area contributed by atoms with Crippen molar-refractivity contribution in [1.82, 2.24) is 14.8 Å². The molecule has 0 aliphatic rings. The van der Waals surface area contributed by atoms with Gasteiger partial charge in [0, 0.05) is 18.0 Å². The normalized spacial score (nSPS) is 12.3. The Kier molecular flexibility index (Phi) is 2.68. The summed E-state index contributed by atoms with van der Waals surface area (Å²) in [5.74, 6) is -0.907. The molecule has 2 rings (SSSR count). The van der Waals surface area contributed by atoms with Crippen molar-refractivity contribution >= 4 is 5.97 Å². The highest BCUT2D eigenvalue weighted by Gasteiger charge is 2.14. The molecule has 0 aliphatic carbocycles. The molecule has 1 N–H and O–H groups in total. The fraction of sp³-hybridized carbons (Fsp3) is 0.182. The number of hydrogen-bond donors (Lipinski definition) is 1. The molecule has 0 aromatic carbocycles. The number of carboxylic acids is 1. The largest absolute Gasteiger partial charge is 0.480 e. The van der Waals surface area contributed by atoms with Crippen LogP contribution in [0.15, 0.2) is 36.8 Å². The Morgan fingerprint density at radius 3 is 2.94 bits per heavy atom. The summed E-state index contributed by atoms with van der Waals surface area (Å²) in [5, 5.41) is 12.8. The summed E-state index contributed by atoms with van der Waals surface area (Å²) in [6.07, 6.45) is 4.98. The molecular weight excluding hydrogens is 206 g/mol. The molecule has 0 fully saturated rings. The molecule has 0 unspecified atom stereocenters. The summed E-state index contributed by atoms with van der Waals surface area (Å²) in [5.41, 5.74) is 1.60. The van der Waals surface area contributed by atoms with Gasteiger partial charge in [0.05, 0.1) is 11.9 Å². The summed E-state index contributed by atoms with van der Waals surface area (Å²) in [6, 6.07) is 4.89. The van der Waals surface area contributed by atoms with Crippen molar-refractivity contribution in [3.8, 4) is 11.3 Å². The summed E-state index contributed by atoms with van der Waals surface area (Å²) >= 11 is 0. The number of nitrogens with zero attached hydrogens (tertiary/aromatic N) is 3. The van der Waals surface area contributed by atoms with Gasteiger partial charge in [-0.05, 0) is 19.1 Å². The Morgan fingerprint density at radius 2 is 2.31 bits per heavy atom. The van der Waals surface area contributed by atoms with Gasteiger partial charge in [0.15, 0.2) is 0 Å². The molecule has 0 amide bonds. The third-order valence-corrected chi connectivity index (χ3v) is 2.32. The molecule has 5 nitrogen and oxygen atoms in total. The molecule has 0 radical (unpaired) electrons. The lowest BCUT2D eigenvalue weighted by Crippen LogP contribution is -2.15. The molecule has 5 heteroatoms. The molecule has 16 heavy (non-hydrogen) atoms. The average molecular weight is 217 g/mol. The van der Waals surface area contributed by atoms with Crippen LogP contribution in [0.1, 0.15) is 13.0 Å². The Balaban J connectivity index is 2.30. The molecule has 82 valence electrons. The van der Waals surface area contributed by atoms with E-state index in [-0.39, 0.29) is 0 Å². The third-order valence-electron chi connectivity index (χ3n) is 2.32. The second-order valence-corrected chi connectivity index (χ2v) is 3.44. The maximum atomic E-state index is 10.8. The predicted octanol–water partition coefficient (Wildman–Crippen LogP) is 1.59. The van der Waals surface area contributed by atoms with E-state index in [0.29, 0.717) is 0 Å². The molecule has 0 spiro atoms. The second-order valence-electron chi connectivity index (χ2n) is 3.44. The van der Waals surface area contributed by atoms with E-state index in [1.807, 2.05) is 18.2 Å². The van der Waals surface area contributed by atoms with Crippen LogP contribution in [0, 0.1) is 0 Å². The van der Waals surface area contributed by atoms with Crippen molar-refractivity contribution in [3.05, 3.63) is 36.8 Å². The van der Waals surface area contributed by atoms with Crippen LogP contribution >= 0.6 is 0 Å². The van der Waals surface area contributed by atoms with Crippen LogP contribution < -0.4 is 0 Å². The van der Waals surface area contributed by atoms with E-state index in [2.05, 4.69) is 10.1 Å². The fourth-order valence-corrected chi connectivity index (χ4v) is 1.33. The van der Waals surface area contributed by atoms with Gasteiger partial charge in [-0.15, -0.1) is 0 Å². The lowest BCUT2D eigenvalue weighted by molar-refractivity contribution is -0.140. The molecule has 0 aliphatic heterocycles. The van der Waals surface area contributed by atoms with Crippen molar-refractivity contribution in [2.45, 2.75) is 13.0 Å². The Bertz CT molecular complexity index is 493. The summed E-state index contributed by atoms with van der Waals surface area (Å²) in [6.45, 7) is 1.58. The Labute approximate surface area is 92.4 Å². The van der Waals surface area contributed by atoms with Crippen LogP contribution in [0.3, 0.4) is 0 Å². The SMILES string of the molecule is C[C@@H](C(=O)O)n1cc(-c2ccccn2)cn1. The van der Waals surface area contributed by atoms with Gasteiger partial charge >= 0.3 is 5.97 Å². The summed E-state index contributed by atoms with van der Waals surface area (Å²) < 4.78 is 1.41. The first-order valence-electron chi connectivity index (χ1n) is 4.87. The first kappa shape index (κ1) is 10.4. The van der Waals surface area contributed by atoms with Crippen LogP contribution in [-0.4, -0.2) is 25.8 Å². The van der Waals surface area contributed by atoms with Crippen LogP contribution in [0.5, 0.6) is 0 Å². The predicted molar refractivity (Wildman–Crippen MR) is 57.8 cm³/mol. The lowest BCUT2D eigenvalue weighted by atomic mass is 10.2. The molecule has 2 aromatic heterocycles. The summed E-state index contributed by atoms with van der Waals surface area (Å²) in [7, 11) is 0. The smallest absolute Gasteiger partial charge is 0.328 e. The van der Waals surface area contributed by atoms with Gasteiger partial charge < -0.3 is 5.11 Å². The first-order valence-corrected chi connectivity index (χ1v) is 4.87. The Morgan fingerprint density at radius 1 is 1.50 bits per heavy atom. The number of pyridine rings is 1.